The Morgan fingerprint density at radius 2 is 1.87 bits per heavy atom. The molecule has 0 radical (unpaired) electrons. The van der Waals surface area contributed by atoms with Gasteiger partial charge in [-0.05, 0) is 97.6 Å². The van der Waals surface area contributed by atoms with Gasteiger partial charge in [0.05, 0.1) is 24.2 Å². The summed E-state index contributed by atoms with van der Waals surface area (Å²) in [6.45, 7) is 6.75. The number of carbonyl (C=O) groups excluding carboxylic acids is 1. The predicted molar refractivity (Wildman–Crippen MR) is 159 cm³/mol. The molecule has 5 nitrogen and oxygen atoms in total. The van der Waals surface area contributed by atoms with Gasteiger partial charge in [0, 0.05) is 36.1 Å². The molecule has 12 atom stereocenters. The number of anilines is 1. The lowest BCUT2D eigenvalue weighted by molar-refractivity contribution is -0.221. The first-order chi connectivity index (χ1) is 18.6. The summed E-state index contributed by atoms with van der Waals surface area (Å²) in [6.07, 6.45) is 6.54. The van der Waals surface area contributed by atoms with Crippen LogP contribution in [-0.2, 0) is 16.0 Å². The van der Waals surface area contributed by atoms with Gasteiger partial charge in [-0.1, -0.05) is 47.6 Å². The van der Waals surface area contributed by atoms with Gasteiger partial charge in [-0.25, -0.2) is 0 Å². The lowest BCUT2D eigenvalue weighted by Crippen LogP contribution is -2.63. The summed E-state index contributed by atoms with van der Waals surface area (Å²) in [5.74, 6) is 3.91. The summed E-state index contributed by atoms with van der Waals surface area (Å²) in [5.41, 5.74) is 1.23. The molecule has 39 heavy (non-hydrogen) atoms. The number of carbonyl (C=O) groups is 1. The van der Waals surface area contributed by atoms with E-state index in [1.165, 1.54) is 31.2 Å². The first-order valence-corrected chi connectivity index (χ1v) is 17.6. The number of benzene rings is 1. The normalized spacial score (nSPS) is 51.1. The maximum Gasteiger partial charge on any atom is 0.141 e. The van der Waals surface area contributed by atoms with Crippen LogP contribution in [0.15, 0.2) is 24.3 Å². The zero-order valence-corrected chi connectivity index (χ0v) is 25.5. The molecule has 214 valence electrons. The molecular weight excluding hydrogens is 526 g/mol. The maximum absolute atomic E-state index is 13.5. The van der Waals surface area contributed by atoms with Crippen LogP contribution in [0.1, 0.15) is 64.9 Å². The maximum atomic E-state index is 13.5. The van der Waals surface area contributed by atoms with Crippen molar-refractivity contribution in [1.82, 2.24) is 0 Å². The van der Waals surface area contributed by atoms with Crippen LogP contribution in [0.3, 0.4) is 0 Å². The first kappa shape index (κ1) is 27.1. The summed E-state index contributed by atoms with van der Waals surface area (Å²) in [5, 5.41) is 26.6. The van der Waals surface area contributed by atoms with E-state index in [1.54, 1.807) is 7.11 Å². The number of aliphatic hydroxyl groups excluding tert-OH is 1. The molecule has 5 aliphatic carbocycles. The second kappa shape index (κ2) is 9.13. The van der Waals surface area contributed by atoms with Gasteiger partial charge in [0.1, 0.15) is 11.4 Å². The first-order valence-electron chi connectivity index (χ1n) is 15.1. The van der Waals surface area contributed by atoms with Crippen LogP contribution >= 0.6 is 21.6 Å². The van der Waals surface area contributed by atoms with Crippen molar-refractivity contribution in [2.75, 3.05) is 23.9 Å². The summed E-state index contributed by atoms with van der Waals surface area (Å²) in [4.78, 5) is 13.5. The smallest absolute Gasteiger partial charge is 0.141 e. The molecule has 1 aromatic carbocycles. The van der Waals surface area contributed by atoms with Crippen LogP contribution in [0, 0.1) is 45.8 Å². The third kappa shape index (κ3) is 3.37. The molecule has 0 amide bonds. The number of methoxy groups -OCH3 is 1. The van der Waals surface area contributed by atoms with Crippen molar-refractivity contribution < 1.29 is 19.7 Å². The second-order valence-electron chi connectivity index (χ2n) is 14.4. The number of rotatable bonds is 2. The average Bonchev–Trinajstić information content (AvgIpc) is 3.48. The minimum absolute atomic E-state index is 0.0255. The van der Waals surface area contributed by atoms with E-state index in [2.05, 4.69) is 43.4 Å². The van der Waals surface area contributed by atoms with Crippen LogP contribution in [-0.4, -0.2) is 58.5 Å². The van der Waals surface area contributed by atoms with Crippen molar-refractivity contribution in [3.8, 4) is 0 Å². The fourth-order valence-corrected chi connectivity index (χ4v) is 14.4. The number of Topliss-reactive ketones (excluding diaryl/α,β-unsaturated/α-hetero) is 1. The van der Waals surface area contributed by atoms with Crippen molar-refractivity contribution in [2.45, 2.75) is 89.6 Å². The Hall–Kier alpha value is -0.730. The van der Waals surface area contributed by atoms with Gasteiger partial charge in [-0.15, -0.1) is 0 Å². The van der Waals surface area contributed by atoms with Gasteiger partial charge < -0.3 is 20.3 Å². The summed E-state index contributed by atoms with van der Waals surface area (Å²) < 4.78 is 5.91. The monoisotopic (exact) mass is 571 g/mol. The highest BCUT2D eigenvalue weighted by Gasteiger charge is 2.87. The van der Waals surface area contributed by atoms with E-state index in [0.717, 1.165) is 30.0 Å². The molecule has 7 heteroatoms. The minimum Gasteiger partial charge on any atom is -0.391 e. The van der Waals surface area contributed by atoms with E-state index in [1.807, 2.05) is 28.5 Å². The molecule has 0 aromatic heterocycles. The Kier molecular flexibility index (Phi) is 6.35. The average molecular weight is 572 g/mol. The summed E-state index contributed by atoms with van der Waals surface area (Å²) in [7, 11) is 5.56. The predicted octanol–water partition coefficient (Wildman–Crippen LogP) is 5.59. The van der Waals surface area contributed by atoms with E-state index < -0.39 is 11.7 Å². The Morgan fingerprint density at radius 1 is 1.10 bits per heavy atom. The molecule has 1 aromatic rings. The Morgan fingerprint density at radius 3 is 2.64 bits per heavy atom. The van der Waals surface area contributed by atoms with Crippen molar-refractivity contribution in [2.24, 2.45) is 45.8 Å². The molecule has 0 saturated heterocycles. The minimum atomic E-state index is -1.04. The van der Waals surface area contributed by atoms with E-state index in [-0.39, 0.29) is 46.0 Å². The molecule has 3 N–H and O–H groups in total. The van der Waals surface area contributed by atoms with E-state index in [4.69, 9.17) is 4.74 Å². The van der Waals surface area contributed by atoms with Crippen molar-refractivity contribution >= 4 is 33.1 Å². The second-order valence-corrected chi connectivity index (χ2v) is 16.9. The highest BCUT2D eigenvalue weighted by atomic mass is 33.1. The third-order valence-electron chi connectivity index (χ3n) is 13.4. The van der Waals surface area contributed by atoms with Crippen LogP contribution < -0.4 is 5.32 Å². The summed E-state index contributed by atoms with van der Waals surface area (Å²) >= 11 is 0. The number of hydrogen-bond donors (Lipinski definition) is 3. The van der Waals surface area contributed by atoms with E-state index >= 15 is 0 Å². The van der Waals surface area contributed by atoms with Crippen molar-refractivity contribution in [1.29, 1.82) is 0 Å². The van der Waals surface area contributed by atoms with Crippen LogP contribution in [0.4, 0.5) is 5.69 Å². The van der Waals surface area contributed by atoms with Crippen LogP contribution in [0.2, 0.25) is 0 Å². The lowest BCUT2D eigenvalue weighted by Gasteiger charge is -2.61. The molecular formula is C32H45NO4S2. The van der Waals surface area contributed by atoms with E-state index in [0.29, 0.717) is 24.2 Å². The molecule has 7 rings (SSSR count). The molecule has 0 unspecified atom stereocenters. The van der Waals surface area contributed by atoms with Gasteiger partial charge in [0.25, 0.3) is 0 Å². The molecule has 1 aliphatic heterocycles. The molecule has 5 fully saturated rings. The standard InChI is InChI=1S/C32H45NO4S2/c1-18(34)25-17-39-38-16-21-15-31(14-20(21)10-19-6-5-7-23(11-19)33-25)9-8-22-12-24-28-26(35)13-27(37-4)32(28,36)29(22,2)30(24,31)3/h5-7,11,18,20-22,24-25,27-28,33-34,36H,8-10,12-17H2,1-4H3/t18-,20+,21+,22-,24-,25+,27+,28+,29-,30-,31+,32+/m0/s1. The number of ketones is 1. The third-order valence-corrected chi connectivity index (χ3v) is 16.0. The number of hydrogen-bond acceptors (Lipinski definition) is 7. The van der Waals surface area contributed by atoms with Gasteiger partial charge in [0.15, 0.2) is 0 Å². The van der Waals surface area contributed by atoms with Gasteiger partial charge in [-0.2, -0.15) is 0 Å². The fourth-order valence-electron chi connectivity index (χ4n) is 11.6. The fraction of sp³-hybridized carbons (Fsp3) is 0.781. The summed E-state index contributed by atoms with van der Waals surface area (Å²) in [6, 6.07) is 8.87. The van der Waals surface area contributed by atoms with E-state index in [9.17, 15) is 15.0 Å². The molecule has 1 heterocycles. The quantitative estimate of drug-likeness (QED) is 0.400. The van der Waals surface area contributed by atoms with Crippen LogP contribution in [0.25, 0.3) is 0 Å². The Bertz CT molecular complexity index is 1160. The molecule has 6 bridgehead atoms. The number of aliphatic hydroxyl groups is 2. The zero-order chi connectivity index (χ0) is 27.4. The lowest BCUT2D eigenvalue weighted by atomic mass is 9.44. The van der Waals surface area contributed by atoms with Crippen molar-refractivity contribution in [3.05, 3.63) is 29.8 Å². The largest absolute Gasteiger partial charge is 0.391 e. The highest BCUT2D eigenvalue weighted by molar-refractivity contribution is 8.76. The number of ether oxygens (including phenoxy) is 1. The topological polar surface area (TPSA) is 78.8 Å². The molecule has 1 spiro atoms. The highest BCUT2D eigenvalue weighted by Crippen LogP contribution is 2.86. The van der Waals surface area contributed by atoms with Crippen LogP contribution in [0.5, 0.6) is 0 Å². The van der Waals surface area contributed by atoms with Gasteiger partial charge >= 0.3 is 0 Å². The molecule has 6 aliphatic rings. The van der Waals surface area contributed by atoms with Gasteiger partial charge in [0.2, 0.25) is 0 Å². The molecule has 5 saturated carbocycles. The Balaban J connectivity index is 1.26. The number of nitrogens with one attached hydrogen (secondary N) is 1. The van der Waals surface area contributed by atoms with Gasteiger partial charge in [-0.3, -0.25) is 4.79 Å². The zero-order valence-electron chi connectivity index (χ0n) is 23.8. The SMILES string of the molecule is CO[C@@H]1CC(=O)[C@H]2[C@@H]3C[C@@H]4CC[C@]5(C[C@H]6Cc7cccc(c7)N[C@@H]([C@H](C)O)CSSC[C@H]6C5)[C@]3(C)[C@@]4(C)[C@@]12O. The van der Waals surface area contributed by atoms with Crippen molar-refractivity contribution in [3.63, 3.8) is 0 Å². The Labute approximate surface area is 241 Å². The number of fused-ring (bicyclic) bond motifs is 5.